The van der Waals surface area contributed by atoms with Gasteiger partial charge in [-0.1, -0.05) is 12.1 Å². The number of rotatable bonds is 4. The van der Waals surface area contributed by atoms with Crippen molar-refractivity contribution in [3.05, 3.63) is 53.6 Å². The van der Waals surface area contributed by atoms with Gasteiger partial charge >= 0.3 is 5.97 Å². The van der Waals surface area contributed by atoms with Gasteiger partial charge in [0.05, 0.1) is 32.0 Å². The third-order valence-corrected chi connectivity index (χ3v) is 3.87. The number of anilines is 1. The predicted octanol–water partition coefficient (Wildman–Crippen LogP) is 2.88. The van der Waals surface area contributed by atoms with E-state index in [0.717, 1.165) is 30.3 Å². The Balaban J connectivity index is 1.85. The first-order chi connectivity index (χ1) is 11.2. The maximum Gasteiger partial charge on any atom is 0.337 e. The van der Waals surface area contributed by atoms with Gasteiger partial charge < -0.3 is 19.1 Å². The third kappa shape index (κ3) is 3.23. The molecule has 0 fully saturated rings. The fourth-order valence-corrected chi connectivity index (χ4v) is 2.63. The lowest BCUT2D eigenvalue weighted by Gasteiger charge is -2.31. The predicted molar refractivity (Wildman–Crippen MR) is 87.3 cm³/mol. The molecular weight excluding hydrogens is 294 g/mol. The summed E-state index contributed by atoms with van der Waals surface area (Å²) in [6.45, 7) is 2.13. The average Bonchev–Trinajstić information content (AvgIpc) is 2.61. The van der Waals surface area contributed by atoms with Gasteiger partial charge in [-0.05, 0) is 35.9 Å². The molecule has 120 valence electrons. The van der Waals surface area contributed by atoms with Gasteiger partial charge in [-0.15, -0.1) is 0 Å². The van der Waals surface area contributed by atoms with Gasteiger partial charge in [0, 0.05) is 6.54 Å². The van der Waals surface area contributed by atoms with E-state index in [2.05, 4.69) is 4.90 Å². The Morgan fingerprint density at radius 3 is 2.65 bits per heavy atom. The maximum atomic E-state index is 11.7. The summed E-state index contributed by atoms with van der Waals surface area (Å²) >= 11 is 0. The first-order valence-electron chi connectivity index (χ1n) is 7.44. The number of hydrogen-bond donors (Lipinski definition) is 0. The van der Waals surface area contributed by atoms with Crippen LogP contribution in [0.1, 0.15) is 15.9 Å². The summed E-state index contributed by atoms with van der Waals surface area (Å²) in [6.07, 6.45) is 0. The molecule has 1 aliphatic rings. The van der Waals surface area contributed by atoms with Gasteiger partial charge in [0.1, 0.15) is 18.1 Å². The van der Waals surface area contributed by atoms with Gasteiger partial charge in [0.2, 0.25) is 0 Å². The van der Waals surface area contributed by atoms with Crippen molar-refractivity contribution in [2.75, 3.05) is 32.3 Å². The first kappa shape index (κ1) is 15.2. The van der Waals surface area contributed by atoms with Gasteiger partial charge in [0.25, 0.3) is 0 Å². The van der Waals surface area contributed by atoms with Crippen LogP contribution in [0.3, 0.4) is 0 Å². The lowest BCUT2D eigenvalue weighted by atomic mass is 10.1. The molecule has 0 N–H and O–H groups in total. The Kier molecular flexibility index (Phi) is 4.37. The van der Waals surface area contributed by atoms with E-state index in [1.165, 1.54) is 12.7 Å². The summed E-state index contributed by atoms with van der Waals surface area (Å²) in [6, 6.07) is 13.3. The van der Waals surface area contributed by atoms with Crippen molar-refractivity contribution < 1.29 is 19.0 Å². The SMILES string of the molecule is COC(=O)c1ccc2c(c1)N(Cc1ccc(OC)cc1)CCO2. The maximum absolute atomic E-state index is 11.7. The molecule has 1 heterocycles. The van der Waals surface area contributed by atoms with E-state index < -0.39 is 0 Å². The van der Waals surface area contributed by atoms with E-state index >= 15 is 0 Å². The van der Waals surface area contributed by atoms with Crippen LogP contribution in [0.2, 0.25) is 0 Å². The van der Waals surface area contributed by atoms with E-state index in [0.29, 0.717) is 12.2 Å². The number of hydrogen-bond acceptors (Lipinski definition) is 5. The number of esters is 1. The standard InChI is InChI=1S/C18H19NO4/c1-21-15-6-3-13(4-7-15)12-19-9-10-23-17-8-5-14(11-16(17)19)18(20)22-2/h3-8,11H,9-10,12H2,1-2H3. The van der Waals surface area contributed by atoms with Crippen LogP contribution >= 0.6 is 0 Å². The van der Waals surface area contributed by atoms with Gasteiger partial charge in [-0.2, -0.15) is 0 Å². The normalized spacial score (nSPS) is 13.0. The number of carbonyl (C=O) groups is 1. The fraction of sp³-hybridized carbons (Fsp3) is 0.278. The van der Waals surface area contributed by atoms with Crippen molar-refractivity contribution in [3.63, 3.8) is 0 Å². The number of ether oxygens (including phenoxy) is 3. The van der Waals surface area contributed by atoms with E-state index in [9.17, 15) is 4.79 Å². The Labute approximate surface area is 135 Å². The minimum absolute atomic E-state index is 0.345. The molecule has 0 spiro atoms. The zero-order valence-corrected chi connectivity index (χ0v) is 13.2. The van der Waals surface area contributed by atoms with Gasteiger partial charge in [-0.3, -0.25) is 0 Å². The molecule has 23 heavy (non-hydrogen) atoms. The van der Waals surface area contributed by atoms with E-state index in [1.807, 2.05) is 36.4 Å². The van der Waals surface area contributed by atoms with Gasteiger partial charge in [0.15, 0.2) is 0 Å². The Morgan fingerprint density at radius 1 is 1.17 bits per heavy atom. The van der Waals surface area contributed by atoms with Gasteiger partial charge in [-0.25, -0.2) is 4.79 Å². The molecular formula is C18H19NO4. The molecule has 5 heteroatoms. The van der Waals surface area contributed by atoms with Crippen LogP contribution in [0, 0.1) is 0 Å². The third-order valence-electron chi connectivity index (χ3n) is 3.87. The molecule has 0 aromatic heterocycles. The van der Waals surface area contributed by atoms with Crippen LogP contribution in [0.15, 0.2) is 42.5 Å². The second kappa shape index (κ2) is 6.60. The Bertz CT molecular complexity index is 697. The molecule has 0 atom stereocenters. The molecule has 0 amide bonds. The summed E-state index contributed by atoms with van der Waals surface area (Å²) in [5, 5.41) is 0. The van der Waals surface area contributed by atoms with Crippen LogP contribution in [-0.2, 0) is 11.3 Å². The molecule has 0 radical (unpaired) electrons. The van der Waals surface area contributed by atoms with Crippen molar-refractivity contribution in [1.82, 2.24) is 0 Å². The zero-order valence-electron chi connectivity index (χ0n) is 13.2. The molecule has 0 saturated heterocycles. The Hall–Kier alpha value is -2.69. The number of carbonyl (C=O) groups excluding carboxylic acids is 1. The lowest BCUT2D eigenvalue weighted by molar-refractivity contribution is 0.0600. The van der Waals surface area contributed by atoms with Crippen molar-refractivity contribution in [2.45, 2.75) is 6.54 Å². The summed E-state index contributed by atoms with van der Waals surface area (Å²) in [5.41, 5.74) is 2.61. The zero-order chi connectivity index (χ0) is 16.2. The highest BCUT2D eigenvalue weighted by atomic mass is 16.5. The lowest BCUT2D eigenvalue weighted by Crippen LogP contribution is -2.32. The second-order valence-corrected chi connectivity index (χ2v) is 5.29. The fourth-order valence-electron chi connectivity index (χ4n) is 2.63. The second-order valence-electron chi connectivity index (χ2n) is 5.29. The Morgan fingerprint density at radius 2 is 1.96 bits per heavy atom. The molecule has 5 nitrogen and oxygen atoms in total. The molecule has 1 aliphatic heterocycles. The number of fused-ring (bicyclic) bond motifs is 1. The minimum atomic E-state index is -0.345. The summed E-state index contributed by atoms with van der Waals surface area (Å²) < 4.78 is 15.7. The minimum Gasteiger partial charge on any atom is -0.497 e. The van der Waals surface area contributed by atoms with Crippen molar-refractivity contribution in [2.24, 2.45) is 0 Å². The van der Waals surface area contributed by atoms with E-state index in [1.54, 1.807) is 13.2 Å². The average molecular weight is 313 g/mol. The van der Waals surface area contributed by atoms with Crippen LogP contribution in [0.25, 0.3) is 0 Å². The van der Waals surface area contributed by atoms with E-state index in [4.69, 9.17) is 14.2 Å². The smallest absolute Gasteiger partial charge is 0.337 e. The quantitative estimate of drug-likeness (QED) is 0.812. The van der Waals surface area contributed by atoms with Crippen LogP contribution < -0.4 is 14.4 Å². The summed E-state index contributed by atoms with van der Waals surface area (Å²) in [7, 11) is 3.04. The van der Waals surface area contributed by atoms with Crippen molar-refractivity contribution >= 4 is 11.7 Å². The first-order valence-corrected chi connectivity index (χ1v) is 7.44. The summed E-state index contributed by atoms with van der Waals surface area (Å²) in [4.78, 5) is 13.9. The molecule has 0 bridgehead atoms. The van der Waals surface area contributed by atoms with Crippen molar-refractivity contribution in [3.8, 4) is 11.5 Å². The largest absolute Gasteiger partial charge is 0.497 e. The number of benzene rings is 2. The topological polar surface area (TPSA) is 48.0 Å². The van der Waals surface area contributed by atoms with Crippen LogP contribution in [-0.4, -0.2) is 33.3 Å². The molecule has 2 aromatic carbocycles. The molecule has 0 unspecified atom stereocenters. The monoisotopic (exact) mass is 313 g/mol. The highest BCUT2D eigenvalue weighted by molar-refractivity contribution is 5.91. The molecule has 3 rings (SSSR count). The van der Waals surface area contributed by atoms with E-state index in [-0.39, 0.29) is 5.97 Å². The van der Waals surface area contributed by atoms with Crippen LogP contribution in [0.4, 0.5) is 5.69 Å². The summed E-state index contributed by atoms with van der Waals surface area (Å²) in [5.74, 6) is 1.28. The molecule has 0 aliphatic carbocycles. The highest BCUT2D eigenvalue weighted by Crippen LogP contribution is 2.33. The number of nitrogens with zero attached hydrogens (tertiary/aromatic N) is 1. The highest BCUT2D eigenvalue weighted by Gasteiger charge is 2.20. The number of methoxy groups -OCH3 is 2. The van der Waals surface area contributed by atoms with Crippen LogP contribution in [0.5, 0.6) is 11.5 Å². The van der Waals surface area contributed by atoms with Crippen molar-refractivity contribution in [1.29, 1.82) is 0 Å². The molecule has 0 saturated carbocycles. The molecule has 2 aromatic rings.